The van der Waals surface area contributed by atoms with E-state index in [2.05, 4.69) is 47.0 Å². The van der Waals surface area contributed by atoms with Gasteiger partial charge in [0, 0.05) is 13.1 Å². The number of fused-ring (bicyclic) bond motifs is 1. The second-order valence-electron chi connectivity index (χ2n) is 5.11. The van der Waals surface area contributed by atoms with Crippen LogP contribution >= 0.6 is 0 Å². The first-order valence-corrected chi connectivity index (χ1v) is 6.49. The minimum atomic E-state index is 0.560. The summed E-state index contributed by atoms with van der Waals surface area (Å²) in [6.45, 7) is 5.06. The predicted molar refractivity (Wildman–Crippen MR) is 75.5 cm³/mol. The second-order valence-corrected chi connectivity index (χ2v) is 5.11. The van der Waals surface area contributed by atoms with Crippen LogP contribution in [0.4, 0.5) is 0 Å². The summed E-state index contributed by atoms with van der Waals surface area (Å²) in [5, 5.41) is 0. The van der Waals surface area contributed by atoms with Crippen molar-refractivity contribution in [1.29, 1.82) is 0 Å². The highest BCUT2D eigenvalue weighted by atomic mass is 15.1. The molecule has 2 aromatic rings. The lowest BCUT2D eigenvalue weighted by Gasteiger charge is -2.20. The van der Waals surface area contributed by atoms with Crippen molar-refractivity contribution in [2.24, 2.45) is 11.7 Å². The molecule has 0 aliphatic rings. The van der Waals surface area contributed by atoms with Crippen molar-refractivity contribution in [3.8, 4) is 0 Å². The van der Waals surface area contributed by atoms with Crippen LogP contribution in [0.25, 0.3) is 11.0 Å². The number of nitrogens with one attached hydrogen (secondary N) is 1. The van der Waals surface area contributed by atoms with E-state index in [1.807, 2.05) is 0 Å². The molecule has 1 heterocycles. The summed E-state index contributed by atoms with van der Waals surface area (Å²) in [7, 11) is 2.15. The van der Waals surface area contributed by atoms with E-state index >= 15 is 0 Å². The number of likely N-dealkylation sites (N-methyl/N-ethyl adjacent to an activating group) is 1. The molecular weight excluding hydrogens is 224 g/mol. The van der Waals surface area contributed by atoms with E-state index < -0.39 is 0 Å². The van der Waals surface area contributed by atoms with Crippen LogP contribution in [0.1, 0.15) is 12.5 Å². The Morgan fingerprint density at radius 3 is 3.06 bits per heavy atom. The highest BCUT2D eigenvalue weighted by molar-refractivity contribution is 5.75. The van der Waals surface area contributed by atoms with Crippen LogP contribution in [0, 0.1) is 5.92 Å². The molecule has 0 spiro atoms. The van der Waals surface area contributed by atoms with Crippen LogP contribution in [0.3, 0.4) is 0 Å². The summed E-state index contributed by atoms with van der Waals surface area (Å²) < 4.78 is 0. The van der Waals surface area contributed by atoms with Gasteiger partial charge < -0.3 is 15.6 Å². The fraction of sp³-hybridized carbons (Fsp3) is 0.500. The maximum Gasteiger partial charge on any atom is 0.0931 e. The lowest BCUT2D eigenvalue weighted by Crippen LogP contribution is -2.29. The van der Waals surface area contributed by atoms with E-state index in [1.54, 1.807) is 6.33 Å². The van der Waals surface area contributed by atoms with Crippen LogP contribution in [0.5, 0.6) is 0 Å². The van der Waals surface area contributed by atoms with Gasteiger partial charge in [-0.25, -0.2) is 4.98 Å². The molecule has 0 aliphatic heterocycles. The average Bonchev–Trinajstić information content (AvgIpc) is 2.83. The average molecular weight is 246 g/mol. The molecule has 18 heavy (non-hydrogen) atoms. The van der Waals surface area contributed by atoms with Crippen molar-refractivity contribution in [3.05, 3.63) is 30.1 Å². The smallest absolute Gasteiger partial charge is 0.0931 e. The number of aromatic amines is 1. The third-order valence-corrected chi connectivity index (χ3v) is 3.29. The number of nitrogens with two attached hydrogens (primary N) is 1. The standard InChI is InChI=1S/C14H22N4/c1-11(8-15)9-18(2)6-5-12-3-4-13-14(7-12)17-10-16-13/h3-4,7,10-11H,5-6,8-9,15H2,1-2H3,(H,16,17). The zero-order valence-electron chi connectivity index (χ0n) is 11.2. The Bertz CT molecular complexity index is 491. The summed E-state index contributed by atoms with van der Waals surface area (Å²) in [5.41, 5.74) is 9.13. The molecule has 0 amide bonds. The van der Waals surface area contributed by atoms with Crippen LogP contribution in [-0.2, 0) is 6.42 Å². The second kappa shape index (κ2) is 5.98. The Kier molecular flexibility index (Phi) is 4.33. The van der Waals surface area contributed by atoms with Crippen molar-refractivity contribution < 1.29 is 0 Å². The van der Waals surface area contributed by atoms with Gasteiger partial charge in [-0.3, -0.25) is 0 Å². The first-order valence-electron chi connectivity index (χ1n) is 6.49. The van der Waals surface area contributed by atoms with Crippen LogP contribution in [0.2, 0.25) is 0 Å². The fourth-order valence-electron chi connectivity index (χ4n) is 2.16. The van der Waals surface area contributed by atoms with Gasteiger partial charge in [-0.2, -0.15) is 0 Å². The normalized spacial score (nSPS) is 13.3. The Morgan fingerprint density at radius 2 is 2.28 bits per heavy atom. The van der Waals surface area contributed by atoms with Gasteiger partial charge >= 0.3 is 0 Å². The number of imidazole rings is 1. The van der Waals surface area contributed by atoms with Gasteiger partial charge in [-0.1, -0.05) is 13.0 Å². The molecule has 0 saturated heterocycles. The van der Waals surface area contributed by atoms with Gasteiger partial charge in [0.15, 0.2) is 0 Å². The van der Waals surface area contributed by atoms with Crippen molar-refractivity contribution in [2.45, 2.75) is 13.3 Å². The molecule has 1 aromatic heterocycles. The van der Waals surface area contributed by atoms with E-state index in [1.165, 1.54) is 5.56 Å². The molecule has 98 valence electrons. The topological polar surface area (TPSA) is 57.9 Å². The minimum Gasteiger partial charge on any atom is -0.345 e. The number of nitrogens with zero attached hydrogens (tertiary/aromatic N) is 2. The molecule has 0 fully saturated rings. The number of aromatic nitrogens is 2. The van der Waals surface area contributed by atoms with Crippen molar-refractivity contribution in [3.63, 3.8) is 0 Å². The predicted octanol–water partition coefficient (Wildman–Crippen LogP) is 1.63. The summed E-state index contributed by atoms with van der Waals surface area (Å²) >= 11 is 0. The highest BCUT2D eigenvalue weighted by Crippen LogP contribution is 2.12. The number of hydrogen-bond donors (Lipinski definition) is 2. The van der Waals surface area contributed by atoms with E-state index in [0.29, 0.717) is 5.92 Å². The van der Waals surface area contributed by atoms with Gasteiger partial charge in [0.1, 0.15) is 0 Å². The molecule has 1 unspecified atom stereocenters. The van der Waals surface area contributed by atoms with E-state index in [4.69, 9.17) is 5.73 Å². The highest BCUT2D eigenvalue weighted by Gasteiger charge is 2.05. The first kappa shape index (κ1) is 13.1. The SMILES string of the molecule is CC(CN)CN(C)CCc1ccc2nc[nH]c2c1. The molecule has 0 bridgehead atoms. The molecule has 4 heteroatoms. The maximum atomic E-state index is 5.64. The zero-order chi connectivity index (χ0) is 13.0. The Balaban J connectivity index is 1.89. The summed E-state index contributed by atoms with van der Waals surface area (Å²) in [6.07, 6.45) is 2.80. The number of benzene rings is 1. The van der Waals surface area contributed by atoms with Crippen molar-refractivity contribution in [2.75, 3.05) is 26.7 Å². The lowest BCUT2D eigenvalue weighted by molar-refractivity contribution is 0.292. The molecule has 0 aliphatic carbocycles. The Hall–Kier alpha value is -1.39. The van der Waals surface area contributed by atoms with Gasteiger partial charge in [0.05, 0.1) is 17.4 Å². The van der Waals surface area contributed by atoms with E-state index in [0.717, 1.165) is 37.1 Å². The number of rotatable bonds is 6. The van der Waals surface area contributed by atoms with Gasteiger partial charge in [0.25, 0.3) is 0 Å². The summed E-state index contributed by atoms with van der Waals surface area (Å²) in [6, 6.07) is 6.41. The molecule has 3 N–H and O–H groups in total. The quantitative estimate of drug-likeness (QED) is 0.814. The van der Waals surface area contributed by atoms with Crippen molar-refractivity contribution >= 4 is 11.0 Å². The largest absolute Gasteiger partial charge is 0.345 e. The van der Waals surface area contributed by atoms with E-state index in [-0.39, 0.29) is 0 Å². The molecule has 4 nitrogen and oxygen atoms in total. The first-order chi connectivity index (χ1) is 8.69. The molecular formula is C14H22N4. The van der Waals surface area contributed by atoms with Crippen LogP contribution in [0.15, 0.2) is 24.5 Å². The van der Waals surface area contributed by atoms with Crippen LogP contribution < -0.4 is 5.73 Å². The number of H-pyrrole nitrogens is 1. The number of hydrogen-bond acceptors (Lipinski definition) is 3. The minimum absolute atomic E-state index is 0.560. The van der Waals surface area contributed by atoms with E-state index in [9.17, 15) is 0 Å². The van der Waals surface area contributed by atoms with Crippen LogP contribution in [-0.4, -0.2) is 41.5 Å². The molecule has 2 rings (SSSR count). The molecule has 0 saturated carbocycles. The molecule has 1 atom stereocenters. The van der Waals surface area contributed by atoms with Gasteiger partial charge in [-0.15, -0.1) is 0 Å². The summed E-state index contributed by atoms with van der Waals surface area (Å²) in [5.74, 6) is 0.560. The monoisotopic (exact) mass is 246 g/mol. The summed E-state index contributed by atoms with van der Waals surface area (Å²) in [4.78, 5) is 9.72. The van der Waals surface area contributed by atoms with Gasteiger partial charge in [0.2, 0.25) is 0 Å². The third-order valence-electron chi connectivity index (χ3n) is 3.29. The molecule has 1 aromatic carbocycles. The maximum absolute atomic E-state index is 5.64. The van der Waals surface area contributed by atoms with Gasteiger partial charge in [-0.05, 0) is 43.6 Å². The van der Waals surface area contributed by atoms with Crippen molar-refractivity contribution in [1.82, 2.24) is 14.9 Å². The molecule has 0 radical (unpaired) electrons. The third kappa shape index (κ3) is 3.31. The Labute approximate surface area is 108 Å². The fourth-order valence-corrected chi connectivity index (χ4v) is 2.16. The zero-order valence-corrected chi connectivity index (χ0v) is 11.2. The lowest BCUT2D eigenvalue weighted by atomic mass is 10.1. The Morgan fingerprint density at radius 1 is 1.44 bits per heavy atom.